The van der Waals surface area contributed by atoms with Gasteiger partial charge in [-0.3, -0.25) is 9.59 Å². The zero-order chi connectivity index (χ0) is 24.5. The smallest absolute Gasteiger partial charge is 0.263 e. The fourth-order valence-corrected chi connectivity index (χ4v) is 3.91. The predicted molar refractivity (Wildman–Crippen MR) is 134 cm³/mol. The van der Waals surface area contributed by atoms with E-state index >= 15 is 0 Å². The molecule has 0 fully saturated rings. The van der Waals surface area contributed by atoms with Gasteiger partial charge in [-0.2, -0.15) is 4.98 Å². The van der Waals surface area contributed by atoms with Crippen LogP contribution in [-0.2, 0) is 11.3 Å². The van der Waals surface area contributed by atoms with Gasteiger partial charge in [0.1, 0.15) is 17.8 Å². The Morgan fingerprint density at radius 1 is 1.00 bits per heavy atom. The number of amides is 1. The maximum absolute atomic E-state index is 13.3. The summed E-state index contributed by atoms with van der Waals surface area (Å²) in [5, 5.41) is 7.82. The van der Waals surface area contributed by atoms with Gasteiger partial charge in [0.25, 0.3) is 5.89 Å². The Hall–Kier alpha value is -4.30. The lowest BCUT2D eigenvalue weighted by Gasteiger charge is -2.12. The Labute approximate surface area is 205 Å². The zero-order valence-electron chi connectivity index (χ0n) is 18.9. The number of nitrogens with zero attached hydrogens (tertiary/aromatic N) is 4. The summed E-state index contributed by atoms with van der Waals surface area (Å²) in [5.41, 5.74) is 3.39. The molecular weight excluding hydrogens is 466 g/mol. The molecule has 0 aliphatic carbocycles. The fraction of sp³-hybridized carbons (Fsp3) is 0.115. The monoisotopic (exact) mass is 485 g/mol. The van der Waals surface area contributed by atoms with Crippen LogP contribution in [0.25, 0.3) is 33.9 Å². The molecule has 3 heterocycles. The van der Waals surface area contributed by atoms with Gasteiger partial charge in [0.2, 0.25) is 17.2 Å². The maximum Gasteiger partial charge on any atom is 0.263 e. The average Bonchev–Trinajstić information content (AvgIpc) is 3.32. The summed E-state index contributed by atoms with van der Waals surface area (Å²) in [6, 6.07) is 17.9. The van der Waals surface area contributed by atoms with Crippen LogP contribution in [0.15, 0.2) is 76.2 Å². The molecular formula is C26H20ClN5O3. The highest BCUT2D eigenvalue weighted by molar-refractivity contribution is 6.30. The summed E-state index contributed by atoms with van der Waals surface area (Å²) < 4.78 is 7.09. The molecule has 1 N–H and O–H groups in total. The summed E-state index contributed by atoms with van der Waals surface area (Å²) >= 11 is 5.92. The molecule has 0 bridgehead atoms. The van der Waals surface area contributed by atoms with Gasteiger partial charge in [0.05, 0.1) is 5.39 Å². The summed E-state index contributed by atoms with van der Waals surface area (Å²) in [5.74, 6) is 0.159. The van der Waals surface area contributed by atoms with E-state index < -0.39 is 0 Å². The van der Waals surface area contributed by atoms with Crippen LogP contribution in [0.1, 0.15) is 11.3 Å². The van der Waals surface area contributed by atoms with Crippen LogP contribution < -0.4 is 10.7 Å². The molecule has 1 amide bonds. The van der Waals surface area contributed by atoms with Crippen LogP contribution in [0.4, 0.5) is 5.69 Å². The number of hydrogen-bond donors (Lipinski definition) is 1. The highest BCUT2D eigenvalue weighted by Gasteiger charge is 2.19. The number of aromatic nitrogens is 4. The van der Waals surface area contributed by atoms with Gasteiger partial charge in [-0.15, -0.1) is 0 Å². The molecule has 35 heavy (non-hydrogen) atoms. The number of carbonyl (C=O) groups is 1. The van der Waals surface area contributed by atoms with Gasteiger partial charge in [-0.25, -0.2) is 4.98 Å². The molecule has 0 saturated heterocycles. The first-order chi connectivity index (χ1) is 16.9. The number of carbonyl (C=O) groups excluding carboxylic acids is 1. The first kappa shape index (κ1) is 22.5. The topological polar surface area (TPSA) is 103 Å². The van der Waals surface area contributed by atoms with Crippen LogP contribution >= 0.6 is 11.6 Å². The third-order valence-electron chi connectivity index (χ3n) is 5.54. The van der Waals surface area contributed by atoms with Gasteiger partial charge in [-0.05, 0) is 55.8 Å². The molecule has 0 aliphatic rings. The largest absolute Gasteiger partial charge is 0.333 e. The summed E-state index contributed by atoms with van der Waals surface area (Å²) in [7, 11) is 0. The van der Waals surface area contributed by atoms with Crippen molar-refractivity contribution in [1.29, 1.82) is 0 Å². The molecule has 0 saturated carbocycles. The minimum Gasteiger partial charge on any atom is -0.333 e. The number of benzene rings is 2. The molecule has 0 aliphatic heterocycles. The van der Waals surface area contributed by atoms with Crippen molar-refractivity contribution in [2.24, 2.45) is 0 Å². The Morgan fingerprint density at radius 2 is 1.77 bits per heavy atom. The number of aryl methyl sites for hydroxylation is 2. The van der Waals surface area contributed by atoms with Crippen molar-refractivity contribution < 1.29 is 9.32 Å². The first-order valence-corrected chi connectivity index (χ1v) is 11.2. The summed E-state index contributed by atoms with van der Waals surface area (Å²) in [6.07, 6.45) is 1.54. The summed E-state index contributed by atoms with van der Waals surface area (Å²) in [4.78, 5) is 35.1. The predicted octanol–water partition coefficient (Wildman–Crippen LogP) is 5.02. The van der Waals surface area contributed by atoms with Crippen molar-refractivity contribution in [2.45, 2.75) is 20.4 Å². The van der Waals surface area contributed by atoms with E-state index in [2.05, 4.69) is 20.4 Å². The van der Waals surface area contributed by atoms with E-state index in [0.29, 0.717) is 27.6 Å². The van der Waals surface area contributed by atoms with Crippen molar-refractivity contribution in [3.63, 3.8) is 0 Å². The molecule has 0 spiro atoms. The van der Waals surface area contributed by atoms with Gasteiger partial charge >= 0.3 is 0 Å². The van der Waals surface area contributed by atoms with Crippen LogP contribution in [-0.4, -0.2) is 25.6 Å². The zero-order valence-corrected chi connectivity index (χ0v) is 19.7. The fourth-order valence-electron chi connectivity index (χ4n) is 3.79. The number of halogens is 1. The van der Waals surface area contributed by atoms with Gasteiger partial charge < -0.3 is 14.4 Å². The highest BCUT2D eigenvalue weighted by Crippen LogP contribution is 2.24. The molecule has 0 unspecified atom stereocenters. The second-order valence-corrected chi connectivity index (χ2v) is 8.55. The van der Waals surface area contributed by atoms with Crippen LogP contribution in [0.3, 0.4) is 0 Å². The van der Waals surface area contributed by atoms with E-state index in [1.807, 2.05) is 38.1 Å². The number of hydrogen-bond acceptors (Lipinski definition) is 6. The van der Waals surface area contributed by atoms with Crippen molar-refractivity contribution in [1.82, 2.24) is 19.7 Å². The van der Waals surface area contributed by atoms with Crippen LogP contribution in [0.5, 0.6) is 0 Å². The molecule has 3 aromatic heterocycles. The lowest BCUT2D eigenvalue weighted by Crippen LogP contribution is -2.22. The van der Waals surface area contributed by atoms with Crippen LogP contribution in [0, 0.1) is 13.8 Å². The lowest BCUT2D eigenvalue weighted by atomic mass is 10.1. The van der Waals surface area contributed by atoms with Gasteiger partial charge in [-0.1, -0.05) is 41.0 Å². The number of pyridine rings is 2. The standard InChI is InChI=1S/C26H20ClN5O3/c1-15-5-3-4-6-19(15)24-30-26(35-31-24)21-13-32(25-20(23(21)34)12-7-16(2)28-25)14-22(33)29-18-10-8-17(27)9-11-18/h3-13H,14H2,1-2H3,(H,29,33). The minimum absolute atomic E-state index is 0.0718. The molecule has 5 rings (SSSR count). The third-order valence-corrected chi connectivity index (χ3v) is 5.80. The minimum atomic E-state index is -0.304. The Balaban J connectivity index is 1.56. The highest BCUT2D eigenvalue weighted by atomic mass is 35.5. The van der Waals surface area contributed by atoms with E-state index in [9.17, 15) is 9.59 Å². The van der Waals surface area contributed by atoms with Crippen molar-refractivity contribution in [2.75, 3.05) is 5.32 Å². The van der Waals surface area contributed by atoms with E-state index in [-0.39, 0.29) is 29.3 Å². The molecule has 0 radical (unpaired) electrons. The number of rotatable bonds is 5. The molecule has 9 heteroatoms. The maximum atomic E-state index is 13.3. The van der Waals surface area contributed by atoms with E-state index in [1.54, 1.807) is 41.0 Å². The third kappa shape index (κ3) is 4.56. The number of anilines is 1. The van der Waals surface area contributed by atoms with Gasteiger partial charge in [0.15, 0.2) is 0 Å². The summed E-state index contributed by atoms with van der Waals surface area (Å²) in [6.45, 7) is 3.69. The Kier molecular flexibility index (Phi) is 5.88. The second kappa shape index (κ2) is 9.15. The van der Waals surface area contributed by atoms with E-state index in [1.165, 1.54) is 6.20 Å². The quantitative estimate of drug-likeness (QED) is 0.375. The van der Waals surface area contributed by atoms with Crippen molar-refractivity contribution in [3.8, 4) is 22.8 Å². The Bertz CT molecular complexity index is 1620. The van der Waals surface area contributed by atoms with Crippen molar-refractivity contribution in [3.05, 3.63) is 93.4 Å². The molecule has 2 aromatic carbocycles. The second-order valence-electron chi connectivity index (χ2n) is 8.12. The van der Waals surface area contributed by atoms with E-state index in [0.717, 1.165) is 16.8 Å². The molecule has 5 aromatic rings. The van der Waals surface area contributed by atoms with E-state index in [4.69, 9.17) is 16.1 Å². The average molecular weight is 486 g/mol. The molecule has 0 atom stereocenters. The van der Waals surface area contributed by atoms with Crippen molar-refractivity contribution >= 4 is 34.2 Å². The lowest BCUT2D eigenvalue weighted by molar-refractivity contribution is -0.116. The first-order valence-electron chi connectivity index (χ1n) is 10.9. The molecule has 8 nitrogen and oxygen atoms in total. The normalized spacial score (nSPS) is 11.1. The number of fused-ring (bicyclic) bond motifs is 1. The van der Waals surface area contributed by atoms with Crippen LogP contribution in [0.2, 0.25) is 5.02 Å². The van der Waals surface area contributed by atoms with Gasteiger partial charge in [0, 0.05) is 28.2 Å². The SMILES string of the molecule is Cc1ccc2c(=O)c(-c3nc(-c4ccccc4C)no3)cn(CC(=O)Nc3ccc(Cl)cc3)c2n1. The Morgan fingerprint density at radius 3 is 2.54 bits per heavy atom. The molecule has 174 valence electrons. The number of nitrogens with one attached hydrogen (secondary N) is 1.